The molecule has 52 heavy (non-hydrogen) atoms. The average Bonchev–Trinajstić information content (AvgIpc) is 3.13. The molecule has 0 saturated heterocycles. The molecule has 0 radical (unpaired) electrons. The first kappa shape index (κ1) is 49.9. The lowest BCUT2D eigenvalue weighted by molar-refractivity contribution is -0.153. The summed E-state index contributed by atoms with van der Waals surface area (Å²) in [5.74, 6) is -1.04. The van der Waals surface area contributed by atoms with E-state index < -0.39 is 58.4 Å². The highest BCUT2D eigenvalue weighted by Crippen LogP contribution is 2.43. The molecule has 0 aliphatic rings. The Labute approximate surface area is 315 Å². The lowest BCUT2D eigenvalue weighted by Gasteiger charge is -2.20. The molecule has 0 fully saturated rings. The maximum absolute atomic E-state index is 12.3. The summed E-state index contributed by atoms with van der Waals surface area (Å²) >= 11 is 0. The number of phosphoric acid groups is 1. The first-order valence-electron chi connectivity index (χ1n) is 20.1. The molecule has 0 aliphatic carbocycles. The van der Waals surface area contributed by atoms with Gasteiger partial charge in [-0.2, -0.15) is 0 Å². The molecule has 11 heteroatoms. The summed E-state index contributed by atoms with van der Waals surface area (Å²) in [6.45, 7) is 2.05. The van der Waals surface area contributed by atoms with Crippen LogP contribution in [-0.4, -0.2) is 65.7 Å². The van der Waals surface area contributed by atoms with Crippen molar-refractivity contribution in [2.24, 2.45) is 0 Å². The van der Waals surface area contributed by atoms with E-state index in [0.717, 1.165) is 83.5 Å². The van der Waals surface area contributed by atoms with E-state index in [-0.39, 0.29) is 12.8 Å². The van der Waals surface area contributed by atoms with Crippen molar-refractivity contribution in [2.75, 3.05) is 26.4 Å². The lowest BCUT2D eigenvalue weighted by atomic mass is 10.1. The molecule has 3 N–H and O–H groups in total. The number of hydrogen-bond acceptors (Lipinski definition) is 9. The van der Waals surface area contributed by atoms with Crippen molar-refractivity contribution in [1.82, 2.24) is 0 Å². The number of aliphatic hydroxyl groups excluding tert-OH is 2. The highest BCUT2D eigenvalue weighted by molar-refractivity contribution is 7.47. The number of hydrogen-bond donors (Lipinski definition) is 3. The maximum Gasteiger partial charge on any atom is 0.472 e. The molecule has 0 bridgehead atoms. The Balaban J connectivity index is 3.97. The fourth-order valence-corrected chi connectivity index (χ4v) is 6.01. The molecule has 0 spiro atoms. The van der Waals surface area contributed by atoms with Gasteiger partial charge in [-0.3, -0.25) is 18.6 Å². The lowest BCUT2D eigenvalue weighted by Crippen LogP contribution is -2.28. The van der Waals surface area contributed by atoms with Gasteiger partial charge in [-0.25, -0.2) is 4.57 Å². The van der Waals surface area contributed by atoms with Crippen molar-refractivity contribution in [3.8, 4) is 0 Å². The van der Waals surface area contributed by atoms with E-state index in [4.69, 9.17) is 18.5 Å². The predicted octanol–water partition coefficient (Wildman–Crippen LogP) is 10.2. The summed E-state index contributed by atoms with van der Waals surface area (Å²) in [6, 6.07) is 0. The molecule has 10 nitrogen and oxygen atoms in total. The number of carbonyl (C=O) groups is 2. The molecule has 0 heterocycles. The van der Waals surface area contributed by atoms with E-state index in [1.807, 2.05) is 0 Å². The minimum atomic E-state index is -4.63. The fraction of sp³-hybridized carbons (Fsp3) is 0.756. The normalized spacial score (nSPS) is 14.5. The van der Waals surface area contributed by atoms with Crippen LogP contribution in [0.2, 0.25) is 0 Å². The van der Waals surface area contributed by atoms with Gasteiger partial charge in [0.2, 0.25) is 0 Å². The molecule has 0 aromatic carbocycles. The largest absolute Gasteiger partial charge is 0.472 e. The molecule has 302 valence electrons. The summed E-state index contributed by atoms with van der Waals surface area (Å²) in [5.41, 5.74) is 0. The second-order valence-corrected chi connectivity index (χ2v) is 14.7. The maximum atomic E-state index is 12.3. The number of phosphoric ester groups is 1. The number of esters is 2. The van der Waals surface area contributed by atoms with Crippen LogP contribution >= 0.6 is 7.82 Å². The van der Waals surface area contributed by atoms with Gasteiger partial charge < -0.3 is 24.6 Å². The Morgan fingerprint density at radius 2 is 0.904 bits per heavy atom. The zero-order chi connectivity index (χ0) is 38.4. The van der Waals surface area contributed by atoms with Crippen LogP contribution in [0.5, 0.6) is 0 Å². The van der Waals surface area contributed by atoms with E-state index in [9.17, 15) is 29.3 Å². The van der Waals surface area contributed by atoms with Crippen LogP contribution in [0.25, 0.3) is 0 Å². The van der Waals surface area contributed by atoms with Crippen molar-refractivity contribution < 1.29 is 47.8 Å². The van der Waals surface area contributed by atoms with Crippen molar-refractivity contribution in [2.45, 2.75) is 174 Å². The summed E-state index contributed by atoms with van der Waals surface area (Å²) in [6.07, 6.45) is 38.0. The molecule has 0 amide bonds. The molecule has 0 aliphatic heterocycles. The smallest absolute Gasteiger partial charge is 0.457 e. The molecule has 0 saturated carbocycles. The Kier molecular flexibility index (Phi) is 35.8. The van der Waals surface area contributed by atoms with Crippen molar-refractivity contribution in [1.29, 1.82) is 0 Å². The quantitative estimate of drug-likeness (QED) is 0.0242. The third-order valence-corrected chi connectivity index (χ3v) is 9.26. The van der Waals surface area contributed by atoms with E-state index in [1.54, 1.807) is 0 Å². The number of allylic oxidation sites excluding steroid dienone is 8. The third-order valence-electron chi connectivity index (χ3n) is 8.31. The Morgan fingerprint density at radius 1 is 0.538 bits per heavy atom. The molecule has 0 aromatic rings. The Morgan fingerprint density at radius 3 is 1.31 bits per heavy atom. The average molecular weight is 757 g/mol. The van der Waals surface area contributed by atoms with Gasteiger partial charge in [-0.15, -0.1) is 0 Å². The zero-order valence-corrected chi connectivity index (χ0v) is 33.4. The number of rotatable bonds is 37. The topological polar surface area (TPSA) is 149 Å². The van der Waals surface area contributed by atoms with E-state index in [0.29, 0.717) is 12.8 Å². The molecule has 0 aromatic heterocycles. The highest BCUT2D eigenvalue weighted by atomic mass is 31.2. The van der Waals surface area contributed by atoms with Gasteiger partial charge in [0, 0.05) is 12.8 Å². The van der Waals surface area contributed by atoms with Crippen LogP contribution in [0, 0.1) is 0 Å². The number of carbonyl (C=O) groups excluding carboxylic acids is 2. The van der Waals surface area contributed by atoms with Gasteiger partial charge >= 0.3 is 19.8 Å². The highest BCUT2D eigenvalue weighted by Gasteiger charge is 2.27. The second kappa shape index (κ2) is 37.3. The van der Waals surface area contributed by atoms with Gasteiger partial charge in [0.15, 0.2) is 0 Å². The summed E-state index contributed by atoms with van der Waals surface area (Å²) in [5, 5.41) is 19.1. The van der Waals surface area contributed by atoms with Gasteiger partial charge in [0.25, 0.3) is 0 Å². The second-order valence-electron chi connectivity index (χ2n) is 13.2. The zero-order valence-electron chi connectivity index (χ0n) is 32.5. The molecule has 3 unspecified atom stereocenters. The monoisotopic (exact) mass is 756 g/mol. The summed E-state index contributed by atoms with van der Waals surface area (Å²) in [4.78, 5) is 34.4. The van der Waals surface area contributed by atoms with E-state index >= 15 is 0 Å². The minimum Gasteiger partial charge on any atom is -0.457 e. The predicted molar refractivity (Wildman–Crippen MR) is 210 cm³/mol. The van der Waals surface area contributed by atoms with Crippen LogP contribution in [0.4, 0.5) is 0 Å². The standard InChI is InChI=1S/C41H73O10P/c1-3-5-7-9-11-13-15-16-17-18-19-20-21-22-23-25-27-29-31-33-41(45)51-39(35-43)37-49-52(46,47)48-36-38(34-42)50-40(44)32-30-28-26-24-14-12-10-8-6-4-2/h5,7,11,13,16-17,19-20,38-39,42-43H,3-4,6,8-10,12,14-15,18,21-37H2,1-2H3,(H,46,47)/b7-5-,13-11-,17-16-,20-19-. The van der Waals surface area contributed by atoms with Crippen LogP contribution in [-0.2, 0) is 32.7 Å². The molecule has 0 rings (SSSR count). The third kappa shape index (κ3) is 35.0. The van der Waals surface area contributed by atoms with Crippen LogP contribution < -0.4 is 0 Å². The summed E-state index contributed by atoms with van der Waals surface area (Å²) < 4.78 is 32.4. The van der Waals surface area contributed by atoms with Gasteiger partial charge in [-0.1, -0.05) is 146 Å². The Bertz CT molecular complexity index is 1010. The summed E-state index contributed by atoms with van der Waals surface area (Å²) in [7, 11) is -4.63. The van der Waals surface area contributed by atoms with Crippen molar-refractivity contribution in [3.63, 3.8) is 0 Å². The number of ether oxygens (including phenoxy) is 2. The molecular weight excluding hydrogens is 683 g/mol. The minimum absolute atomic E-state index is 0.175. The molecule has 3 atom stereocenters. The Hall–Kier alpha value is -2.07. The number of unbranched alkanes of at least 4 members (excludes halogenated alkanes) is 15. The van der Waals surface area contributed by atoms with Gasteiger partial charge in [0.1, 0.15) is 12.2 Å². The molecular formula is C41H73O10P. The van der Waals surface area contributed by atoms with Crippen LogP contribution in [0.3, 0.4) is 0 Å². The first-order chi connectivity index (χ1) is 25.3. The van der Waals surface area contributed by atoms with E-state index in [1.165, 1.54) is 38.5 Å². The van der Waals surface area contributed by atoms with Gasteiger partial charge in [-0.05, 0) is 51.4 Å². The van der Waals surface area contributed by atoms with Crippen molar-refractivity contribution >= 4 is 19.8 Å². The van der Waals surface area contributed by atoms with Gasteiger partial charge in [0.05, 0.1) is 26.4 Å². The fourth-order valence-electron chi connectivity index (χ4n) is 5.22. The van der Waals surface area contributed by atoms with Crippen LogP contribution in [0.1, 0.15) is 162 Å². The van der Waals surface area contributed by atoms with Crippen LogP contribution in [0.15, 0.2) is 48.6 Å². The van der Waals surface area contributed by atoms with E-state index in [2.05, 4.69) is 62.5 Å². The van der Waals surface area contributed by atoms with Crippen molar-refractivity contribution in [3.05, 3.63) is 48.6 Å². The SMILES string of the molecule is CC/C=C\C/C=C\C/C=C\C/C=C\CCCCCCCCC(=O)OC(CO)COP(=O)(O)OCC(CO)OC(=O)CCCCCCCCCCCC. The number of aliphatic hydroxyl groups is 2. The first-order valence-corrected chi connectivity index (χ1v) is 21.6.